The van der Waals surface area contributed by atoms with E-state index in [4.69, 9.17) is 5.73 Å². The largest absolute Gasteiger partial charge is 0.353 e. The predicted octanol–water partition coefficient (Wildman–Crippen LogP) is 1.10. The van der Waals surface area contributed by atoms with Crippen LogP contribution in [-0.4, -0.2) is 47.1 Å². The van der Waals surface area contributed by atoms with Crippen LogP contribution in [0.5, 0.6) is 0 Å². The van der Waals surface area contributed by atoms with Crippen molar-refractivity contribution in [1.82, 2.24) is 16.0 Å². The van der Waals surface area contributed by atoms with Crippen LogP contribution in [-0.2, 0) is 4.79 Å². The van der Waals surface area contributed by atoms with Crippen LogP contribution in [0.4, 0.5) is 4.79 Å². The van der Waals surface area contributed by atoms with Gasteiger partial charge in [0.1, 0.15) is 0 Å². The van der Waals surface area contributed by atoms with Gasteiger partial charge in [0.05, 0.1) is 12.1 Å². The minimum absolute atomic E-state index is 0.0307. The molecule has 2 heterocycles. The zero-order chi connectivity index (χ0) is 16.2. The van der Waals surface area contributed by atoms with Crippen molar-refractivity contribution < 1.29 is 9.59 Å². The number of fused-ring (bicyclic) bond motifs is 1. The molecule has 7 heteroatoms. The fourth-order valence-electron chi connectivity index (χ4n) is 3.84. The van der Waals surface area contributed by atoms with Crippen LogP contribution >= 0.6 is 11.8 Å². The van der Waals surface area contributed by atoms with E-state index in [0.717, 1.165) is 50.7 Å². The monoisotopic (exact) mass is 340 g/mol. The molecule has 3 aliphatic rings. The quantitative estimate of drug-likeness (QED) is 0.430. The molecule has 1 saturated carbocycles. The summed E-state index contributed by atoms with van der Waals surface area (Å²) in [4.78, 5) is 23.3. The average molecular weight is 340 g/mol. The molecule has 0 aromatic heterocycles. The summed E-state index contributed by atoms with van der Waals surface area (Å²) in [6.07, 6.45) is 7.71. The Hall–Kier alpha value is -0.950. The first kappa shape index (κ1) is 16.9. The summed E-state index contributed by atoms with van der Waals surface area (Å²) in [5, 5.41) is 9.60. The Morgan fingerprint density at radius 1 is 1.22 bits per heavy atom. The first-order valence-corrected chi connectivity index (χ1v) is 9.90. The Kier molecular flexibility index (Phi) is 5.69. The van der Waals surface area contributed by atoms with Gasteiger partial charge in [-0.25, -0.2) is 4.79 Å². The number of carbonyl (C=O) groups is 2. The van der Waals surface area contributed by atoms with Gasteiger partial charge in [-0.2, -0.15) is 11.8 Å². The lowest BCUT2D eigenvalue weighted by Crippen LogP contribution is -2.40. The van der Waals surface area contributed by atoms with E-state index in [9.17, 15) is 9.59 Å². The molecule has 23 heavy (non-hydrogen) atoms. The van der Waals surface area contributed by atoms with Crippen molar-refractivity contribution >= 4 is 23.7 Å². The predicted molar refractivity (Wildman–Crippen MR) is 92.3 cm³/mol. The number of hydrogen-bond donors (Lipinski definition) is 4. The molecule has 2 saturated heterocycles. The highest BCUT2D eigenvalue weighted by atomic mass is 32.2. The molecule has 0 spiro atoms. The Morgan fingerprint density at radius 2 is 2.00 bits per heavy atom. The Balaban J connectivity index is 1.28. The number of rotatable bonds is 6. The molecular weight excluding hydrogens is 312 g/mol. The summed E-state index contributed by atoms with van der Waals surface area (Å²) in [6.45, 7) is 0. The summed E-state index contributed by atoms with van der Waals surface area (Å²) in [5.41, 5.74) is 5.89. The smallest absolute Gasteiger partial charge is 0.315 e. The first-order chi connectivity index (χ1) is 11.1. The van der Waals surface area contributed by atoms with E-state index in [1.54, 1.807) is 0 Å². The van der Waals surface area contributed by atoms with Crippen LogP contribution < -0.4 is 21.7 Å². The van der Waals surface area contributed by atoms with Crippen molar-refractivity contribution in [3.05, 3.63) is 0 Å². The minimum Gasteiger partial charge on any atom is -0.353 e. The lowest BCUT2D eigenvalue weighted by molar-refractivity contribution is -0.122. The van der Waals surface area contributed by atoms with Crippen molar-refractivity contribution in [3.63, 3.8) is 0 Å². The average Bonchev–Trinajstić information content (AvgIpc) is 3.06. The first-order valence-electron chi connectivity index (χ1n) is 8.85. The third kappa shape index (κ3) is 4.53. The van der Waals surface area contributed by atoms with Crippen LogP contribution in [0.3, 0.4) is 0 Å². The highest BCUT2D eigenvalue weighted by Gasteiger charge is 2.42. The topological polar surface area (TPSA) is 96.2 Å². The Morgan fingerprint density at radius 3 is 2.78 bits per heavy atom. The summed E-state index contributed by atoms with van der Waals surface area (Å²) in [7, 11) is 0. The molecule has 0 aromatic rings. The molecule has 2 aliphatic heterocycles. The normalized spacial score (nSPS) is 36.2. The van der Waals surface area contributed by atoms with Gasteiger partial charge in [0.2, 0.25) is 5.91 Å². The molecule has 3 rings (SSSR count). The fourth-order valence-corrected chi connectivity index (χ4v) is 5.38. The maximum Gasteiger partial charge on any atom is 0.315 e. The van der Waals surface area contributed by atoms with E-state index in [1.165, 1.54) is 0 Å². The van der Waals surface area contributed by atoms with Crippen LogP contribution in [0.25, 0.3) is 0 Å². The molecule has 0 unspecified atom stereocenters. The van der Waals surface area contributed by atoms with E-state index in [1.807, 2.05) is 11.8 Å². The molecular formula is C16H28N4O2S. The second kappa shape index (κ2) is 7.75. The van der Waals surface area contributed by atoms with Crippen molar-refractivity contribution in [3.8, 4) is 0 Å². The van der Waals surface area contributed by atoms with Gasteiger partial charge in [-0.1, -0.05) is 6.42 Å². The van der Waals surface area contributed by atoms with Crippen molar-refractivity contribution in [2.75, 3.05) is 5.75 Å². The minimum atomic E-state index is -0.0307. The number of hydrogen-bond acceptors (Lipinski definition) is 4. The lowest BCUT2D eigenvalue weighted by atomic mass is 9.92. The molecule has 3 atom stereocenters. The van der Waals surface area contributed by atoms with Gasteiger partial charge in [-0.05, 0) is 38.5 Å². The van der Waals surface area contributed by atoms with E-state index < -0.39 is 0 Å². The van der Waals surface area contributed by atoms with Gasteiger partial charge in [0.15, 0.2) is 0 Å². The Labute approximate surface area is 142 Å². The summed E-state index contributed by atoms with van der Waals surface area (Å²) >= 11 is 1.93. The van der Waals surface area contributed by atoms with Crippen LogP contribution in [0, 0.1) is 0 Å². The van der Waals surface area contributed by atoms with E-state index in [2.05, 4.69) is 16.0 Å². The molecule has 0 aromatic carbocycles. The molecule has 130 valence electrons. The van der Waals surface area contributed by atoms with E-state index >= 15 is 0 Å². The van der Waals surface area contributed by atoms with Gasteiger partial charge >= 0.3 is 6.03 Å². The maximum absolute atomic E-state index is 12.0. The molecule has 1 aliphatic carbocycles. The molecule has 3 fully saturated rings. The number of thioether (sulfide) groups is 1. The maximum atomic E-state index is 12.0. The Bertz CT molecular complexity index is 440. The fraction of sp³-hybridized carbons (Fsp3) is 0.875. The molecule has 0 bridgehead atoms. The molecule has 3 amide bonds. The number of nitrogens with two attached hydrogens (primary N) is 1. The van der Waals surface area contributed by atoms with Gasteiger partial charge in [0.25, 0.3) is 0 Å². The molecule has 0 radical (unpaired) electrons. The standard InChI is InChI=1S/C16H28N4O2S/c17-10-5-7-11(8-6-10)18-14(21)4-2-1-3-13-15-12(9-23-13)19-16(22)20-15/h10-13,15H,1-9,17H2,(H,18,21)(H2,19,20,22)/t10-,11-,12-,13-,15-/m0/s1. The highest BCUT2D eigenvalue weighted by Crippen LogP contribution is 2.33. The lowest BCUT2D eigenvalue weighted by Gasteiger charge is -2.26. The summed E-state index contributed by atoms with van der Waals surface area (Å²) < 4.78 is 0. The number of urea groups is 1. The summed E-state index contributed by atoms with van der Waals surface area (Å²) in [6, 6.07) is 1.18. The third-order valence-electron chi connectivity index (χ3n) is 5.22. The van der Waals surface area contributed by atoms with E-state index in [-0.39, 0.29) is 18.0 Å². The molecule has 6 nitrogen and oxygen atoms in total. The zero-order valence-corrected chi connectivity index (χ0v) is 14.4. The van der Waals surface area contributed by atoms with Crippen LogP contribution in [0.15, 0.2) is 0 Å². The number of nitrogens with one attached hydrogen (secondary N) is 3. The number of carbonyl (C=O) groups excluding carboxylic acids is 2. The van der Waals surface area contributed by atoms with Gasteiger partial charge in [0, 0.05) is 29.5 Å². The molecule has 5 N–H and O–H groups in total. The van der Waals surface area contributed by atoms with Crippen LogP contribution in [0.1, 0.15) is 51.4 Å². The highest BCUT2D eigenvalue weighted by molar-refractivity contribution is 8.00. The van der Waals surface area contributed by atoms with Crippen molar-refractivity contribution in [2.45, 2.75) is 80.8 Å². The van der Waals surface area contributed by atoms with Crippen LogP contribution in [0.2, 0.25) is 0 Å². The number of unbranched alkanes of at least 4 members (excludes halogenated alkanes) is 1. The number of amides is 3. The second-order valence-electron chi connectivity index (χ2n) is 7.05. The van der Waals surface area contributed by atoms with Crippen molar-refractivity contribution in [2.24, 2.45) is 5.73 Å². The van der Waals surface area contributed by atoms with Gasteiger partial charge in [-0.15, -0.1) is 0 Å². The van der Waals surface area contributed by atoms with E-state index in [0.29, 0.717) is 29.8 Å². The van der Waals surface area contributed by atoms with Crippen molar-refractivity contribution in [1.29, 1.82) is 0 Å². The second-order valence-corrected chi connectivity index (χ2v) is 8.32. The SMILES string of the molecule is N[C@H]1CC[C@H](NC(=O)CCCC[C@@H]2SC[C@@H]3NC(=O)N[C@@H]32)CC1. The zero-order valence-electron chi connectivity index (χ0n) is 13.6. The third-order valence-corrected chi connectivity index (χ3v) is 6.73. The summed E-state index contributed by atoms with van der Waals surface area (Å²) in [5.74, 6) is 1.18. The van der Waals surface area contributed by atoms with Gasteiger partial charge < -0.3 is 21.7 Å². The van der Waals surface area contributed by atoms with Gasteiger partial charge in [-0.3, -0.25) is 4.79 Å².